The number of ether oxygens (including phenoxy) is 1. The molecule has 1 rings (SSSR count). The van der Waals surface area contributed by atoms with Crippen LogP contribution in [0.3, 0.4) is 0 Å². The van der Waals surface area contributed by atoms with Gasteiger partial charge in [-0.05, 0) is 26.7 Å². The molecule has 0 unspecified atom stereocenters. The van der Waals surface area contributed by atoms with Crippen LogP contribution in [0.4, 0.5) is 4.79 Å². The van der Waals surface area contributed by atoms with Gasteiger partial charge < -0.3 is 15.0 Å². The number of urea groups is 1. The summed E-state index contributed by atoms with van der Waals surface area (Å²) in [5, 5.41) is 2.83. The van der Waals surface area contributed by atoms with Gasteiger partial charge in [0.2, 0.25) is 0 Å². The Kier molecular flexibility index (Phi) is 6.75. The molecule has 2 amide bonds. The first-order valence-electron chi connectivity index (χ1n) is 7.26. The minimum atomic E-state index is -3.08. The van der Waals surface area contributed by atoms with Gasteiger partial charge in [0.15, 0.2) is 9.84 Å². The first-order chi connectivity index (χ1) is 9.39. The number of sulfone groups is 1. The van der Waals surface area contributed by atoms with Crippen LogP contribution < -0.4 is 5.32 Å². The molecule has 6 nitrogen and oxygen atoms in total. The average Bonchev–Trinajstić information content (AvgIpc) is 2.89. The Morgan fingerprint density at radius 2 is 2.15 bits per heavy atom. The Morgan fingerprint density at radius 3 is 2.65 bits per heavy atom. The summed E-state index contributed by atoms with van der Waals surface area (Å²) in [6, 6.07) is -0.545. The van der Waals surface area contributed by atoms with Crippen LogP contribution in [0, 0.1) is 0 Å². The summed E-state index contributed by atoms with van der Waals surface area (Å²) in [5.41, 5.74) is 0. The van der Waals surface area contributed by atoms with Crippen LogP contribution in [-0.4, -0.2) is 62.7 Å². The van der Waals surface area contributed by atoms with Gasteiger partial charge in [0.25, 0.3) is 0 Å². The summed E-state index contributed by atoms with van der Waals surface area (Å²) < 4.78 is 28.7. The molecule has 0 radical (unpaired) electrons. The fourth-order valence-corrected chi connectivity index (χ4v) is 3.49. The number of nitrogens with zero attached hydrogens (tertiary/aromatic N) is 1. The molecule has 2 atom stereocenters. The molecule has 1 heterocycles. The van der Waals surface area contributed by atoms with Crippen LogP contribution in [0.5, 0.6) is 0 Å². The minimum Gasteiger partial charge on any atom is -0.376 e. The summed E-state index contributed by atoms with van der Waals surface area (Å²) in [6.07, 6.45) is 2.09. The van der Waals surface area contributed by atoms with Crippen LogP contribution in [0.15, 0.2) is 0 Å². The second-order valence-electron chi connectivity index (χ2n) is 5.16. The molecular formula is C13H26N2O4S. The smallest absolute Gasteiger partial charge is 0.317 e. The lowest BCUT2D eigenvalue weighted by Gasteiger charge is -2.28. The van der Waals surface area contributed by atoms with E-state index in [2.05, 4.69) is 5.32 Å². The van der Waals surface area contributed by atoms with Crippen molar-refractivity contribution in [2.45, 2.75) is 45.8 Å². The minimum absolute atomic E-state index is 0.00465. The number of hydrogen-bond donors (Lipinski definition) is 1. The van der Waals surface area contributed by atoms with Crippen LogP contribution in [0.1, 0.15) is 33.6 Å². The largest absolute Gasteiger partial charge is 0.376 e. The highest BCUT2D eigenvalue weighted by Gasteiger charge is 2.24. The Hall–Kier alpha value is -0.820. The third-order valence-corrected chi connectivity index (χ3v) is 5.44. The third kappa shape index (κ3) is 5.28. The molecular weight excluding hydrogens is 280 g/mol. The van der Waals surface area contributed by atoms with E-state index in [9.17, 15) is 13.2 Å². The number of rotatable bonds is 7. The van der Waals surface area contributed by atoms with E-state index in [-0.39, 0.29) is 29.7 Å². The van der Waals surface area contributed by atoms with Crippen molar-refractivity contribution in [3.8, 4) is 0 Å². The predicted molar refractivity (Wildman–Crippen MR) is 78.5 cm³/mol. The average molecular weight is 306 g/mol. The molecule has 0 bridgehead atoms. The Balaban J connectivity index is 2.48. The quantitative estimate of drug-likeness (QED) is 0.762. The van der Waals surface area contributed by atoms with E-state index < -0.39 is 9.84 Å². The van der Waals surface area contributed by atoms with E-state index in [0.29, 0.717) is 13.1 Å². The molecule has 1 aliphatic rings. The highest BCUT2D eigenvalue weighted by atomic mass is 32.2. The maximum Gasteiger partial charge on any atom is 0.317 e. The Morgan fingerprint density at radius 1 is 1.45 bits per heavy atom. The summed E-state index contributed by atoms with van der Waals surface area (Å²) in [6.45, 7) is 6.96. The molecule has 118 valence electrons. The molecule has 7 heteroatoms. The monoisotopic (exact) mass is 306 g/mol. The summed E-state index contributed by atoms with van der Waals surface area (Å²) in [4.78, 5) is 13.7. The zero-order valence-corrected chi connectivity index (χ0v) is 13.4. The summed E-state index contributed by atoms with van der Waals surface area (Å²) >= 11 is 0. The van der Waals surface area contributed by atoms with Crippen LogP contribution in [0.25, 0.3) is 0 Å². The van der Waals surface area contributed by atoms with Crippen molar-refractivity contribution in [3.05, 3.63) is 0 Å². The Bertz CT molecular complexity index is 405. The zero-order chi connectivity index (χ0) is 15.2. The van der Waals surface area contributed by atoms with Crippen molar-refractivity contribution >= 4 is 15.9 Å². The van der Waals surface area contributed by atoms with Crippen molar-refractivity contribution in [1.29, 1.82) is 0 Å². The molecule has 1 fully saturated rings. The van der Waals surface area contributed by atoms with Gasteiger partial charge in [0, 0.05) is 31.5 Å². The van der Waals surface area contributed by atoms with Gasteiger partial charge in [0.1, 0.15) is 0 Å². The highest BCUT2D eigenvalue weighted by molar-refractivity contribution is 7.91. The molecule has 0 spiro atoms. The van der Waals surface area contributed by atoms with E-state index in [1.807, 2.05) is 6.92 Å². The molecule has 0 saturated carbocycles. The van der Waals surface area contributed by atoms with Gasteiger partial charge in [-0.3, -0.25) is 0 Å². The van der Waals surface area contributed by atoms with Crippen LogP contribution in [-0.2, 0) is 14.6 Å². The lowest BCUT2D eigenvalue weighted by Crippen LogP contribution is -2.49. The normalized spacial score (nSPS) is 20.6. The SMILES string of the molecule is CCN(C(=O)NC[C@H]1CCCO1)[C@@H](C)CS(=O)(=O)CC. The fraction of sp³-hybridized carbons (Fsp3) is 0.923. The first-order valence-corrected chi connectivity index (χ1v) is 9.08. The van der Waals surface area contributed by atoms with Crippen molar-refractivity contribution < 1.29 is 17.9 Å². The van der Waals surface area contributed by atoms with Gasteiger partial charge in [0.05, 0.1) is 11.9 Å². The predicted octanol–water partition coefficient (Wildman–Crippen LogP) is 1.02. The van der Waals surface area contributed by atoms with Gasteiger partial charge >= 0.3 is 6.03 Å². The second-order valence-corrected chi connectivity index (χ2v) is 7.55. The maximum atomic E-state index is 12.1. The molecule has 0 aromatic heterocycles. The molecule has 0 aromatic carbocycles. The van der Waals surface area contributed by atoms with Crippen molar-refractivity contribution in [2.24, 2.45) is 0 Å². The number of nitrogens with one attached hydrogen (secondary N) is 1. The lowest BCUT2D eigenvalue weighted by atomic mass is 10.2. The van der Waals surface area contributed by atoms with Gasteiger partial charge in [-0.2, -0.15) is 0 Å². The topological polar surface area (TPSA) is 75.7 Å². The van der Waals surface area contributed by atoms with Crippen molar-refractivity contribution in [1.82, 2.24) is 10.2 Å². The van der Waals surface area contributed by atoms with E-state index >= 15 is 0 Å². The zero-order valence-electron chi connectivity index (χ0n) is 12.6. The van der Waals surface area contributed by atoms with Crippen LogP contribution in [0.2, 0.25) is 0 Å². The molecule has 0 aromatic rings. The maximum absolute atomic E-state index is 12.1. The molecule has 0 aliphatic carbocycles. The van der Waals surface area contributed by atoms with Crippen LogP contribution >= 0.6 is 0 Å². The van der Waals surface area contributed by atoms with Gasteiger partial charge in [-0.15, -0.1) is 0 Å². The molecule has 1 saturated heterocycles. The molecule has 1 N–H and O–H groups in total. The number of carbonyl (C=O) groups is 1. The molecule has 1 aliphatic heterocycles. The molecule has 20 heavy (non-hydrogen) atoms. The summed E-state index contributed by atoms with van der Waals surface area (Å²) in [7, 11) is -3.08. The highest BCUT2D eigenvalue weighted by Crippen LogP contribution is 2.11. The van der Waals surface area contributed by atoms with E-state index in [4.69, 9.17) is 4.74 Å². The Labute approximate surface area is 121 Å². The van der Waals surface area contributed by atoms with Crippen molar-refractivity contribution in [2.75, 3.05) is 31.2 Å². The first kappa shape index (κ1) is 17.2. The standard InChI is InChI=1S/C13H26N2O4S/c1-4-15(11(3)10-20(17,18)5-2)13(16)14-9-12-7-6-8-19-12/h11-12H,4-10H2,1-3H3,(H,14,16)/t11-,12+/m0/s1. The lowest BCUT2D eigenvalue weighted by molar-refractivity contribution is 0.108. The third-order valence-electron chi connectivity index (χ3n) is 3.57. The van der Waals surface area contributed by atoms with E-state index in [1.165, 1.54) is 0 Å². The van der Waals surface area contributed by atoms with Gasteiger partial charge in [-0.25, -0.2) is 13.2 Å². The van der Waals surface area contributed by atoms with E-state index in [0.717, 1.165) is 19.4 Å². The van der Waals surface area contributed by atoms with E-state index in [1.54, 1.807) is 18.7 Å². The second kappa shape index (κ2) is 7.83. The van der Waals surface area contributed by atoms with Gasteiger partial charge in [-0.1, -0.05) is 6.92 Å². The number of carbonyl (C=O) groups excluding carboxylic acids is 1. The summed E-state index contributed by atoms with van der Waals surface area (Å²) in [5.74, 6) is 0.108. The fourth-order valence-electron chi connectivity index (χ4n) is 2.34. The number of hydrogen-bond acceptors (Lipinski definition) is 4. The number of amides is 2. The van der Waals surface area contributed by atoms with Crippen molar-refractivity contribution in [3.63, 3.8) is 0 Å².